The first-order valence-corrected chi connectivity index (χ1v) is 13.8. The number of hydrogen-bond donors (Lipinski definition) is 0. The Hall–Kier alpha value is -5.70. The van der Waals surface area contributed by atoms with Gasteiger partial charge in [-0.1, -0.05) is 30.3 Å². The molecule has 0 amide bonds. The van der Waals surface area contributed by atoms with Crippen LogP contribution in [0.1, 0.15) is 33.2 Å². The number of ether oxygens (including phenoxy) is 6. The maximum atomic E-state index is 13.7. The van der Waals surface area contributed by atoms with E-state index in [1.165, 1.54) is 27.4 Å². The Kier molecular flexibility index (Phi) is 7.68. The first-order chi connectivity index (χ1) is 21.4. The fourth-order valence-electron chi connectivity index (χ4n) is 5.05. The van der Waals surface area contributed by atoms with Gasteiger partial charge in [-0.15, -0.1) is 0 Å². The summed E-state index contributed by atoms with van der Waals surface area (Å²) in [5.74, 6) is 1.89. The van der Waals surface area contributed by atoms with Crippen LogP contribution in [-0.4, -0.2) is 39.7 Å². The molecule has 9 nitrogen and oxygen atoms in total. The lowest BCUT2D eigenvalue weighted by Gasteiger charge is -2.13. The molecule has 44 heavy (non-hydrogen) atoms. The van der Waals surface area contributed by atoms with E-state index >= 15 is 0 Å². The zero-order valence-corrected chi connectivity index (χ0v) is 24.5. The second kappa shape index (κ2) is 11.9. The molecular weight excluding hydrogens is 564 g/mol. The third kappa shape index (κ3) is 5.20. The fraction of sp³-hybridized carbons (Fsp3) is 0.143. The lowest BCUT2D eigenvalue weighted by atomic mass is 10.1. The maximum absolute atomic E-state index is 13.7. The molecule has 0 spiro atoms. The van der Waals surface area contributed by atoms with Crippen molar-refractivity contribution in [1.29, 1.82) is 0 Å². The molecule has 9 heteroatoms. The molecule has 222 valence electrons. The number of rotatable bonds is 9. The molecule has 0 N–H and O–H groups in total. The van der Waals surface area contributed by atoms with Crippen molar-refractivity contribution in [2.24, 2.45) is 0 Å². The molecule has 2 heterocycles. The number of methoxy groups -OCH3 is 3. The van der Waals surface area contributed by atoms with Crippen molar-refractivity contribution in [3.05, 3.63) is 101 Å². The number of benzene rings is 4. The van der Waals surface area contributed by atoms with Gasteiger partial charge in [0.05, 0.1) is 33.5 Å². The van der Waals surface area contributed by atoms with Crippen LogP contribution >= 0.6 is 0 Å². The zero-order chi connectivity index (χ0) is 30.8. The zero-order valence-electron chi connectivity index (χ0n) is 24.5. The van der Waals surface area contributed by atoms with Crippen LogP contribution in [0.4, 0.5) is 0 Å². The van der Waals surface area contributed by atoms with E-state index in [0.29, 0.717) is 57.5 Å². The van der Waals surface area contributed by atoms with Crippen molar-refractivity contribution in [3.63, 3.8) is 0 Å². The third-order valence-corrected chi connectivity index (χ3v) is 7.05. The van der Waals surface area contributed by atoms with Gasteiger partial charge < -0.3 is 32.8 Å². The lowest BCUT2D eigenvalue weighted by molar-refractivity contribution is 0.0736. The molecule has 0 radical (unpaired) electrons. The van der Waals surface area contributed by atoms with Gasteiger partial charge >= 0.3 is 5.97 Å². The van der Waals surface area contributed by atoms with Crippen LogP contribution in [-0.2, 0) is 0 Å². The summed E-state index contributed by atoms with van der Waals surface area (Å²) in [6, 6.07) is 22.7. The molecule has 0 saturated carbocycles. The van der Waals surface area contributed by atoms with Gasteiger partial charge in [-0.05, 0) is 61.0 Å². The molecule has 1 aromatic heterocycles. The number of allylic oxidation sites excluding steroid dienone is 1. The fourth-order valence-corrected chi connectivity index (χ4v) is 5.05. The van der Waals surface area contributed by atoms with Crippen molar-refractivity contribution in [3.8, 4) is 45.8 Å². The predicted molar refractivity (Wildman–Crippen MR) is 163 cm³/mol. The summed E-state index contributed by atoms with van der Waals surface area (Å²) in [7, 11) is 4.53. The first kappa shape index (κ1) is 28.4. The summed E-state index contributed by atoms with van der Waals surface area (Å²) in [6.45, 7) is 2.36. The van der Waals surface area contributed by atoms with Crippen LogP contribution in [0, 0.1) is 0 Å². The molecule has 0 saturated heterocycles. The molecule has 0 aliphatic carbocycles. The third-order valence-electron chi connectivity index (χ3n) is 7.05. The van der Waals surface area contributed by atoms with Gasteiger partial charge in [-0.3, -0.25) is 4.79 Å². The second-order valence-corrected chi connectivity index (χ2v) is 9.71. The maximum Gasteiger partial charge on any atom is 0.348 e. The highest BCUT2D eigenvalue weighted by Crippen LogP contribution is 2.41. The van der Waals surface area contributed by atoms with Crippen molar-refractivity contribution in [1.82, 2.24) is 0 Å². The van der Waals surface area contributed by atoms with Gasteiger partial charge in [-0.2, -0.15) is 0 Å². The van der Waals surface area contributed by atoms with Crippen LogP contribution in [0.25, 0.3) is 28.4 Å². The van der Waals surface area contributed by atoms with Gasteiger partial charge in [0.15, 0.2) is 17.3 Å². The Bertz CT molecular complexity index is 1890. The van der Waals surface area contributed by atoms with Crippen LogP contribution in [0.15, 0.2) is 89.0 Å². The molecule has 0 fully saturated rings. The number of carbonyl (C=O) groups is 2. The van der Waals surface area contributed by atoms with E-state index in [0.717, 1.165) is 5.56 Å². The van der Waals surface area contributed by atoms with E-state index in [-0.39, 0.29) is 28.6 Å². The summed E-state index contributed by atoms with van der Waals surface area (Å²) < 4.78 is 39.7. The van der Waals surface area contributed by atoms with Crippen molar-refractivity contribution in [2.75, 3.05) is 27.9 Å². The van der Waals surface area contributed by atoms with Crippen LogP contribution in [0.3, 0.4) is 0 Å². The topological polar surface area (TPSA) is 103 Å². The Morgan fingerprint density at radius 2 is 1.57 bits per heavy atom. The van der Waals surface area contributed by atoms with E-state index in [2.05, 4.69) is 0 Å². The normalized spacial score (nSPS) is 13.0. The quantitative estimate of drug-likeness (QED) is 0.0987. The number of esters is 1. The molecule has 1 aliphatic rings. The van der Waals surface area contributed by atoms with E-state index in [9.17, 15) is 9.59 Å². The highest BCUT2D eigenvalue weighted by Gasteiger charge is 2.30. The molecular formula is C35H28O9. The Morgan fingerprint density at radius 1 is 0.841 bits per heavy atom. The van der Waals surface area contributed by atoms with Gasteiger partial charge in [-0.25, -0.2) is 4.79 Å². The predicted octanol–water partition coefficient (Wildman–Crippen LogP) is 7.36. The molecule has 5 aromatic rings. The van der Waals surface area contributed by atoms with E-state index in [1.54, 1.807) is 48.5 Å². The summed E-state index contributed by atoms with van der Waals surface area (Å²) >= 11 is 0. The number of fused-ring (bicyclic) bond motifs is 2. The highest BCUT2D eigenvalue weighted by atomic mass is 16.5. The lowest BCUT2D eigenvalue weighted by Crippen LogP contribution is -2.09. The molecule has 0 unspecified atom stereocenters. The molecule has 0 bridgehead atoms. The largest absolute Gasteiger partial charge is 0.494 e. The van der Waals surface area contributed by atoms with Crippen LogP contribution in [0.2, 0.25) is 0 Å². The number of furan rings is 1. The average molecular weight is 593 g/mol. The highest BCUT2D eigenvalue weighted by molar-refractivity contribution is 6.15. The standard InChI is InChI=1S/C35H28O9/c1-5-41-22-12-14-26-25(18-22)31(33(44-26)21-9-7-6-8-10-21)35(37)42-23-11-13-24-27(19-23)43-28(32(24)36)15-20-16-29(38-2)34(40-4)30(17-20)39-3/h6-19H,5H2,1-4H3. The minimum Gasteiger partial charge on any atom is -0.494 e. The smallest absolute Gasteiger partial charge is 0.348 e. The average Bonchev–Trinajstić information content (AvgIpc) is 3.57. The van der Waals surface area contributed by atoms with Gasteiger partial charge in [0.25, 0.3) is 0 Å². The monoisotopic (exact) mass is 592 g/mol. The minimum absolute atomic E-state index is 0.0911. The first-order valence-electron chi connectivity index (χ1n) is 13.8. The molecule has 4 aromatic carbocycles. The number of Topliss-reactive ketones (excluding diaryl/α,β-unsaturated/α-hetero) is 1. The van der Waals surface area contributed by atoms with Crippen LogP contribution in [0.5, 0.6) is 34.5 Å². The Balaban J connectivity index is 1.31. The molecule has 1 aliphatic heterocycles. The summed E-state index contributed by atoms with van der Waals surface area (Å²) in [6.07, 6.45) is 1.58. The van der Waals surface area contributed by atoms with Gasteiger partial charge in [0, 0.05) is 17.0 Å². The number of ketones is 1. The minimum atomic E-state index is -0.631. The Morgan fingerprint density at radius 3 is 2.25 bits per heavy atom. The Labute approximate surface area is 253 Å². The summed E-state index contributed by atoms with van der Waals surface area (Å²) in [5, 5.41) is 0.558. The van der Waals surface area contributed by atoms with Crippen molar-refractivity contribution in [2.45, 2.75) is 6.92 Å². The summed E-state index contributed by atoms with van der Waals surface area (Å²) in [5.41, 5.74) is 2.44. The summed E-state index contributed by atoms with van der Waals surface area (Å²) in [4.78, 5) is 26.9. The van der Waals surface area contributed by atoms with Gasteiger partial charge in [0.2, 0.25) is 11.5 Å². The number of hydrogen-bond acceptors (Lipinski definition) is 9. The van der Waals surface area contributed by atoms with Crippen molar-refractivity contribution < 1.29 is 42.4 Å². The number of carbonyl (C=O) groups excluding carboxylic acids is 2. The van der Waals surface area contributed by atoms with Crippen LogP contribution < -0.4 is 28.4 Å². The SMILES string of the molecule is CCOc1ccc2oc(-c3ccccc3)c(C(=O)Oc3ccc4c(c3)OC(=Cc3cc(OC)c(OC)c(OC)c3)C4=O)c2c1. The molecule has 6 rings (SSSR count). The van der Waals surface area contributed by atoms with Gasteiger partial charge in [0.1, 0.15) is 34.2 Å². The van der Waals surface area contributed by atoms with Crippen molar-refractivity contribution >= 4 is 28.8 Å². The molecule has 0 atom stereocenters. The van der Waals surface area contributed by atoms with E-state index in [1.807, 2.05) is 37.3 Å². The van der Waals surface area contributed by atoms with E-state index in [4.69, 9.17) is 32.8 Å². The van der Waals surface area contributed by atoms with E-state index < -0.39 is 5.97 Å². The second-order valence-electron chi connectivity index (χ2n) is 9.71.